The monoisotopic (exact) mass is 166 g/mol. The van der Waals surface area contributed by atoms with E-state index in [9.17, 15) is 0 Å². The number of nitrogens with zero attached hydrogens (tertiary/aromatic N) is 1. The molecule has 2 rings (SSSR count). The summed E-state index contributed by atoms with van der Waals surface area (Å²) in [6.45, 7) is 4.44. The Hall–Kier alpha value is -0.370. The topological polar surface area (TPSA) is 27.1 Å². The van der Waals surface area contributed by atoms with Crippen LogP contribution in [-0.4, -0.2) is 29.2 Å². The van der Waals surface area contributed by atoms with Crippen LogP contribution in [0.3, 0.4) is 0 Å². The molecule has 0 amide bonds. The molecular weight excluding hydrogens is 148 g/mol. The van der Waals surface area contributed by atoms with Gasteiger partial charge in [-0.25, -0.2) is 0 Å². The first-order chi connectivity index (χ1) is 5.76. The molecule has 0 aromatic heterocycles. The Labute approximate surface area is 74.5 Å². The fourth-order valence-electron chi connectivity index (χ4n) is 2.37. The fourth-order valence-corrected chi connectivity index (χ4v) is 2.37. The molecule has 68 valence electrons. The van der Waals surface area contributed by atoms with Crippen molar-refractivity contribution in [3.8, 4) is 0 Å². The minimum atomic E-state index is 0.237. The zero-order chi connectivity index (χ0) is 8.60. The van der Waals surface area contributed by atoms with Gasteiger partial charge in [0.25, 0.3) is 0 Å². The lowest BCUT2D eigenvalue weighted by Gasteiger charge is -2.34. The summed E-state index contributed by atoms with van der Waals surface area (Å²) in [4.78, 5) is 2.54. The molecule has 0 radical (unpaired) electrons. The maximum Gasteiger partial charge on any atom is 0.0585 e. The van der Waals surface area contributed by atoms with Crippen LogP contribution in [0.5, 0.6) is 0 Å². The van der Waals surface area contributed by atoms with Crippen molar-refractivity contribution in [2.24, 2.45) is 0 Å². The van der Waals surface area contributed by atoms with Crippen molar-refractivity contribution < 1.29 is 0 Å². The molecule has 1 N–H and O–H groups in total. The van der Waals surface area contributed by atoms with Crippen molar-refractivity contribution in [1.82, 2.24) is 4.90 Å². The molecular formula is C10H18N2. The molecule has 2 aliphatic rings. The molecule has 0 bridgehead atoms. The third-order valence-corrected chi connectivity index (χ3v) is 3.38. The Kier molecular flexibility index (Phi) is 1.95. The van der Waals surface area contributed by atoms with E-state index < -0.39 is 0 Å². The molecule has 0 atom stereocenters. The maximum absolute atomic E-state index is 7.75. The van der Waals surface area contributed by atoms with Crippen molar-refractivity contribution in [3.05, 3.63) is 0 Å². The molecule has 2 fully saturated rings. The van der Waals surface area contributed by atoms with Gasteiger partial charge in [-0.15, -0.1) is 0 Å². The SMILES string of the molecule is CC(=N)C1(N2CCCCC2)CC1. The van der Waals surface area contributed by atoms with Crippen molar-refractivity contribution >= 4 is 5.71 Å². The van der Waals surface area contributed by atoms with Crippen LogP contribution in [0.15, 0.2) is 0 Å². The number of hydrogen-bond acceptors (Lipinski definition) is 2. The summed E-state index contributed by atoms with van der Waals surface area (Å²) in [6, 6.07) is 0. The van der Waals surface area contributed by atoms with Gasteiger partial charge in [0.1, 0.15) is 0 Å². The summed E-state index contributed by atoms with van der Waals surface area (Å²) < 4.78 is 0. The number of nitrogens with one attached hydrogen (secondary N) is 1. The van der Waals surface area contributed by atoms with E-state index in [0.29, 0.717) is 0 Å². The number of hydrogen-bond donors (Lipinski definition) is 1. The van der Waals surface area contributed by atoms with Gasteiger partial charge in [-0.05, 0) is 45.7 Å². The van der Waals surface area contributed by atoms with Gasteiger partial charge >= 0.3 is 0 Å². The number of rotatable bonds is 2. The van der Waals surface area contributed by atoms with Gasteiger partial charge in [0.05, 0.1) is 5.54 Å². The van der Waals surface area contributed by atoms with Gasteiger partial charge in [-0.1, -0.05) is 6.42 Å². The first-order valence-electron chi connectivity index (χ1n) is 5.06. The lowest BCUT2D eigenvalue weighted by Crippen LogP contribution is -2.45. The molecule has 2 nitrogen and oxygen atoms in total. The molecule has 0 unspecified atom stereocenters. The molecule has 1 saturated heterocycles. The molecule has 1 saturated carbocycles. The van der Waals surface area contributed by atoms with Crippen molar-refractivity contribution in [2.45, 2.75) is 44.6 Å². The second-order valence-corrected chi connectivity index (χ2v) is 4.20. The fraction of sp³-hybridized carbons (Fsp3) is 0.900. The highest BCUT2D eigenvalue weighted by Crippen LogP contribution is 2.43. The second-order valence-electron chi connectivity index (χ2n) is 4.20. The summed E-state index contributed by atoms with van der Waals surface area (Å²) in [5, 5.41) is 7.75. The number of likely N-dealkylation sites (tertiary alicyclic amines) is 1. The van der Waals surface area contributed by atoms with Gasteiger partial charge in [-0.3, -0.25) is 4.90 Å². The Balaban J connectivity index is 2.02. The molecule has 0 spiro atoms. The molecule has 0 aromatic carbocycles. The highest BCUT2D eigenvalue weighted by Gasteiger charge is 2.49. The van der Waals surface area contributed by atoms with E-state index in [2.05, 4.69) is 4.90 Å². The summed E-state index contributed by atoms with van der Waals surface area (Å²) in [5.41, 5.74) is 1.13. The summed E-state index contributed by atoms with van der Waals surface area (Å²) in [5.74, 6) is 0. The molecule has 2 heteroatoms. The maximum atomic E-state index is 7.75. The van der Waals surface area contributed by atoms with Crippen LogP contribution in [0.4, 0.5) is 0 Å². The van der Waals surface area contributed by atoms with E-state index >= 15 is 0 Å². The average Bonchev–Trinajstić information content (AvgIpc) is 2.86. The Morgan fingerprint density at radius 2 is 1.75 bits per heavy atom. The second kappa shape index (κ2) is 2.84. The van der Waals surface area contributed by atoms with E-state index in [-0.39, 0.29) is 5.54 Å². The lowest BCUT2D eigenvalue weighted by atomic mass is 10.0. The predicted octanol–water partition coefficient (Wildman–Crippen LogP) is 2.04. The third-order valence-electron chi connectivity index (χ3n) is 3.38. The summed E-state index contributed by atoms with van der Waals surface area (Å²) in [6.07, 6.45) is 6.55. The lowest BCUT2D eigenvalue weighted by molar-refractivity contribution is 0.187. The third kappa shape index (κ3) is 1.18. The Morgan fingerprint density at radius 1 is 1.17 bits per heavy atom. The van der Waals surface area contributed by atoms with Crippen LogP contribution < -0.4 is 0 Å². The van der Waals surface area contributed by atoms with Crippen LogP contribution in [0.25, 0.3) is 0 Å². The van der Waals surface area contributed by atoms with Crippen molar-refractivity contribution in [2.75, 3.05) is 13.1 Å². The largest absolute Gasteiger partial charge is 0.308 e. The van der Waals surface area contributed by atoms with Gasteiger partial charge in [0, 0.05) is 5.71 Å². The smallest absolute Gasteiger partial charge is 0.0585 e. The van der Waals surface area contributed by atoms with Crippen LogP contribution in [0.1, 0.15) is 39.0 Å². The minimum absolute atomic E-state index is 0.237. The van der Waals surface area contributed by atoms with E-state index in [1.54, 1.807) is 0 Å². The Morgan fingerprint density at radius 3 is 2.17 bits per heavy atom. The van der Waals surface area contributed by atoms with Gasteiger partial charge in [0.2, 0.25) is 0 Å². The minimum Gasteiger partial charge on any atom is -0.308 e. The molecule has 1 aliphatic carbocycles. The van der Waals surface area contributed by atoms with E-state index in [0.717, 1.165) is 5.71 Å². The quantitative estimate of drug-likeness (QED) is 0.624. The van der Waals surface area contributed by atoms with Gasteiger partial charge in [0.15, 0.2) is 0 Å². The highest BCUT2D eigenvalue weighted by molar-refractivity contribution is 5.91. The first-order valence-corrected chi connectivity index (χ1v) is 5.06. The van der Waals surface area contributed by atoms with Crippen LogP contribution in [0.2, 0.25) is 0 Å². The van der Waals surface area contributed by atoms with E-state index in [4.69, 9.17) is 5.41 Å². The van der Waals surface area contributed by atoms with Gasteiger partial charge < -0.3 is 5.41 Å². The molecule has 1 heterocycles. The molecule has 0 aromatic rings. The molecule has 12 heavy (non-hydrogen) atoms. The van der Waals surface area contributed by atoms with Gasteiger partial charge in [-0.2, -0.15) is 0 Å². The van der Waals surface area contributed by atoms with Crippen molar-refractivity contribution in [1.29, 1.82) is 5.41 Å². The van der Waals surface area contributed by atoms with E-state index in [1.165, 1.54) is 45.2 Å². The normalized spacial score (nSPS) is 28.4. The van der Waals surface area contributed by atoms with E-state index in [1.807, 2.05) is 6.92 Å². The average molecular weight is 166 g/mol. The zero-order valence-electron chi connectivity index (χ0n) is 7.90. The van der Waals surface area contributed by atoms with Crippen LogP contribution in [-0.2, 0) is 0 Å². The first kappa shape index (κ1) is 8.24. The van der Waals surface area contributed by atoms with Crippen LogP contribution >= 0.6 is 0 Å². The summed E-state index contributed by atoms with van der Waals surface area (Å²) >= 11 is 0. The van der Waals surface area contributed by atoms with Crippen LogP contribution in [0, 0.1) is 5.41 Å². The predicted molar refractivity (Wildman–Crippen MR) is 50.8 cm³/mol. The highest BCUT2D eigenvalue weighted by atomic mass is 15.2. The van der Waals surface area contributed by atoms with Crippen molar-refractivity contribution in [3.63, 3.8) is 0 Å². The molecule has 1 aliphatic heterocycles. The standard InChI is InChI=1S/C10H18N2/c1-9(11)10(5-6-10)12-7-3-2-4-8-12/h11H,2-8H2,1H3. The zero-order valence-corrected chi connectivity index (χ0v) is 7.90. The summed E-state index contributed by atoms with van der Waals surface area (Å²) in [7, 11) is 0. The number of piperidine rings is 1. The Bertz CT molecular complexity index is 188.